The van der Waals surface area contributed by atoms with Crippen molar-refractivity contribution in [2.45, 2.75) is 4.90 Å². The Morgan fingerprint density at radius 3 is 2.41 bits per heavy atom. The Morgan fingerprint density at radius 2 is 1.72 bits per heavy atom. The molecule has 32 heavy (non-hydrogen) atoms. The molecule has 0 saturated heterocycles. The lowest BCUT2D eigenvalue weighted by Gasteiger charge is -2.03. The van der Waals surface area contributed by atoms with Crippen LogP contribution in [0.2, 0.25) is 0 Å². The minimum Gasteiger partial charge on any atom is -0.368 e. The zero-order chi connectivity index (χ0) is 22.7. The van der Waals surface area contributed by atoms with E-state index in [-0.39, 0.29) is 16.8 Å². The Bertz CT molecular complexity index is 1450. The molecule has 5 N–H and O–H groups in total. The standard InChI is InChI=1S/C21H16N6O3S2/c22-20-25-21(24-15-7-11-17(12-8-15)32(23,29)30)26-27(20)19(28)18-13-10-16(31-18)9-6-14-4-2-1-3-5-14/h1-5,7-8,10-13H,(H2,23,29,30)(H3,22,24,25,26). The summed E-state index contributed by atoms with van der Waals surface area (Å²) in [5.41, 5.74) is 7.24. The average molecular weight is 465 g/mol. The molecule has 0 saturated carbocycles. The van der Waals surface area contributed by atoms with Crippen LogP contribution in [0.25, 0.3) is 0 Å². The smallest absolute Gasteiger partial charge is 0.291 e. The van der Waals surface area contributed by atoms with Gasteiger partial charge in [-0.2, -0.15) is 9.67 Å². The first kappa shape index (κ1) is 21.3. The molecule has 160 valence electrons. The van der Waals surface area contributed by atoms with Crippen molar-refractivity contribution in [2.75, 3.05) is 11.1 Å². The zero-order valence-corrected chi connectivity index (χ0v) is 18.0. The molecule has 0 aliphatic rings. The second-order valence-electron chi connectivity index (χ2n) is 6.48. The maximum absolute atomic E-state index is 12.8. The number of nitrogens with one attached hydrogen (secondary N) is 1. The molecule has 2 aromatic heterocycles. The quantitative estimate of drug-likeness (QED) is 0.393. The molecule has 0 spiro atoms. The first-order valence-corrected chi connectivity index (χ1v) is 11.5. The first-order chi connectivity index (χ1) is 15.3. The number of benzene rings is 2. The molecule has 4 rings (SSSR count). The third-order valence-electron chi connectivity index (χ3n) is 4.18. The Morgan fingerprint density at radius 1 is 1.00 bits per heavy atom. The number of nitrogens with two attached hydrogens (primary N) is 2. The number of carbonyl (C=O) groups is 1. The van der Waals surface area contributed by atoms with E-state index in [1.165, 1.54) is 35.6 Å². The first-order valence-electron chi connectivity index (χ1n) is 9.13. The Kier molecular flexibility index (Phi) is 5.74. The van der Waals surface area contributed by atoms with Gasteiger partial charge in [0, 0.05) is 11.3 Å². The van der Waals surface area contributed by atoms with Crippen LogP contribution < -0.4 is 16.2 Å². The van der Waals surface area contributed by atoms with Crippen molar-refractivity contribution >= 4 is 44.9 Å². The highest BCUT2D eigenvalue weighted by atomic mass is 32.2. The van der Waals surface area contributed by atoms with Gasteiger partial charge in [0.05, 0.1) is 14.6 Å². The SMILES string of the molecule is Nc1nc(Nc2ccc(S(N)(=O)=O)cc2)nn1C(=O)c1ccc(C#Cc2ccccc2)s1. The van der Waals surface area contributed by atoms with Gasteiger partial charge in [0.1, 0.15) is 0 Å². The van der Waals surface area contributed by atoms with E-state index in [1.807, 2.05) is 30.3 Å². The maximum atomic E-state index is 12.8. The molecule has 0 bridgehead atoms. The highest BCUT2D eigenvalue weighted by Gasteiger charge is 2.18. The summed E-state index contributed by atoms with van der Waals surface area (Å²) >= 11 is 1.22. The van der Waals surface area contributed by atoms with E-state index in [9.17, 15) is 13.2 Å². The molecule has 2 aromatic carbocycles. The zero-order valence-electron chi connectivity index (χ0n) is 16.4. The van der Waals surface area contributed by atoms with Gasteiger partial charge in [-0.1, -0.05) is 30.0 Å². The van der Waals surface area contributed by atoms with Gasteiger partial charge in [0.2, 0.25) is 21.9 Å². The number of carbonyl (C=O) groups excluding carboxylic acids is 1. The molecule has 0 radical (unpaired) electrons. The fourth-order valence-corrected chi connectivity index (χ4v) is 3.96. The van der Waals surface area contributed by atoms with E-state index in [4.69, 9.17) is 10.9 Å². The summed E-state index contributed by atoms with van der Waals surface area (Å²) < 4.78 is 23.7. The lowest BCUT2D eigenvalue weighted by molar-refractivity contribution is 0.0952. The third-order valence-corrected chi connectivity index (χ3v) is 6.10. The van der Waals surface area contributed by atoms with Crippen LogP contribution in [0.15, 0.2) is 71.6 Å². The summed E-state index contributed by atoms with van der Waals surface area (Å²) in [6, 6.07) is 18.6. The molecule has 0 atom stereocenters. The number of thiophene rings is 1. The summed E-state index contributed by atoms with van der Waals surface area (Å²) in [5, 5.41) is 12.1. The molecule has 11 heteroatoms. The van der Waals surface area contributed by atoms with Crippen LogP contribution in [0.3, 0.4) is 0 Å². The average Bonchev–Trinajstić information content (AvgIpc) is 3.39. The monoisotopic (exact) mass is 464 g/mol. The number of aromatic nitrogens is 3. The number of hydrogen-bond donors (Lipinski definition) is 3. The summed E-state index contributed by atoms with van der Waals surface area (Å²) in [5.74, 6) is 5.62. The highest BCUT2D eigenvalue weighted by molar-refractivity contribution is 7.89. The van der Waals surface area contributed by atoms with Crippen LogP contribution in [0.5, 0.6) is 0 Å². The van der Waals surface area contributed by atoms with Gasteiger partial charge in [-0.3, -0.25) is 4.79 Å². The molecule has 0 aliphatic heterocycles. The molecule has 0 amide bonds. The summed E-state index contributed by atoms with van der Waals surface area (Å²) in [6.45, 7) is 0. The lowest BCUT2D eigenvalue weighted by atomic mass is 10.2. The van der Waals surface area contributed by atoms with E-state index in [0.29, 0.717) is 10.6 Å². The molecule has 2 heterocycles. The molecule has 0 fully saturated rings. The van der Waals surface area contributed by atoms with Crippen LogP contribution in [-0.4, -0.2) is 29.1 Å². The van der Waals surface area contributed by atoms with Crippen molar-refractivity contribution in [2.24, 2.45) is 5.14 Å². The van der Waals surface area contributed by atoms with Crippen LogP contribution in [0.4, 0.5) is 17.6 Å². The predicted octanol–water partition coefficient (Wildman–Crippen LogP) is 2.40. The number of primary sulfonamides is 1. The molecule has 4 aromatic rings. The van der Waals surface area contributed by atoms with Gasteiger partial charge < -0.3 is 11.1 Å². The van der Waals surface area contributed by atoms with Gasteiger partial charge in [0.25, 0.3) is 5.91 Å². The lowest BCUT2D eigenvalue weighted by Crippen LogP contribution is -2.15. The minimum absolute atomic E-state index is 0.0277. The van der Waals surface area contributed by atoms with Gasteiger partial charge in [-0.15, -0.1) is 16.4 Å². The molecular formula is C21H16N6O3S2. The van der Waals surface area contributed by atoms with Crippen molar-refractivity contribution < 1.29 is 13.2 Å². The number of nitrogen functional groups attached to an aromatic ring is 1. The predicted molar refractivity (Wildman–Crippen MR) is 122 cm³/mol. The van der Waals surface area contributed by atoms with Crippen LogP contribution in [0, 0.1) is 11.8 Å². The van der Waals surface area contributed by atoms with Crippen LogP contribution >= 0.6 is 11.3 Å². The second-order valence-corrected chi connectivity index (χ2v) is 9.13. The highest BCUT2D eigenvalue weighted by Crippen LogP contribution is 2.20. The fraction of sp³-hybridized carbons (Fsp3) is 0. The minimum atomic E-state index is -3.79. The van der Waals surface area contributed by atoms with Crippen molar-refractivity contribution in [1.29, 1.82) is 0 Å². The van der Waals surface area contributed by atoms with E-state index in [0.717, 1.165) is 15.1 Å². The van der Waals surface area contributed by atoms with E-state index in [2.05, 4.69) is 27.2 Å². The molecule has 0 unspecified atom stereocenters. The van der Waals surface area contributed by atoms with E-state index in [1.54, 1.807) is 12.1 Å². The van der Waals surface area contributed by atoms with Gasteiger partial charge >= 0.3 is 0 Å². The Labute approximate surface area is 187 Å². The maximum Gasteiger partial charge on any atom is 0.291 e. The Hall–Kier alpha value is -3.98. The van der Waals surface area contributed by atoms with Crippen LogP contribution in [0.1, 0.15) is 20.1 Å². The van der Waals surface area contributed by atoms with Crippen molar-refractivity contribution in [3.05, 3.63) is 82.0 Å². The summed E-state index contributed by atoms with van der Waals surface area (Å²) in [7, 11) is -3.79. The van der Waals surface area contributed by atoms with E-state index >= 15 is 0 Å². The summed E-state index contributed by atoms with van der Waals surface area (Å²) in [4.78, 5) is 18.0. The second kappa shape index (κ2) is 8.64. The number of nitrogens with zero attached hydrogens (tertiary/aromatic N) is 3. The molecule has 9 nitrogen and oxygen atoms in total. The molecule has 0 aliphatic carbocycles. The van der Waals surface area contributed by atoms with Crippen LogP contribution in [-0.2, 0) is 10.0 Å². The normalized spacial score (nSPS) is 10.9. The van der Waals surface area contributed by atoms with Crippen molar-refractivity contribution in [3.8, 4) is 11.8 Å². The number of hydrogen-bond acceptors (Lipinski definition) is 8. The van der Waals surface area contributed by atoms with Gasteiger partial charge in [-0.25, -0.2) is 13.6 Å². The third kappa shape index (κ3) is 4.84. The van der Waals surface area contributed by atoms with Crippen molar-refractivity contribution in [3.63, 3.8) is 0 Å². The van der Waals surface area contributed by atoms with Crippen molar-refractivity contribution in [1.82, 2.24) is 14.8 Å². The topological polar surface area (TPSA) is 146 Å². The largest absolute Gasteiger partial charge is 0.368 e. The summed E-state index contributed by atoms with van der Waals surface area (Å²) in [6.07, 6.45) is 0. The fourth-order valence-electron chi connectivity index (χ4n) is 2.66. The van der Waals surface area contributed by atoms with Gasteiger partial charge in [0.15, 0.2) is 0 Å². The van der Waals surface area contributed by atoms with Gasteiger partial charge in [-0.05, 0) is 48.5 Å². The molecular weight excluding hydrogens is 448 g/mol. The number of anilines is 3. The Balaban J connectivity index is 1.50. The number of sulfonamides is 1. The number of rotatable bonds is 4. The van der Waals surface area contributed by atoms with E-state index < -0.39 is 15.9 Å².